The summed E-state index contributed by atoms with van der Waals surface area (Å²) in [7, 11) is 0. The van der Waals surface area contributed by atoms with E-state index in [9.17, 15) is 4.79 Å². The van der Waals surface area contributed by atoms with Gasteiger partial charge in [-0.15, -0.1) is 0 Å². The van der Waals surface area contributed by atoms with Gasteiger partial charge >= 0.3 is 0 Å². The van der Waals surface area contributed by atoms with Gasteiger partial charge in [0, 0.05) is 17.8 Å². The first-order chi connectivity index (χ1) is 11.7. The Morgan fingerprint density at radius 2 is 2.08 bits per heavy atom. The summed E-state index contributed by atoms with van der Waals surface area (Å²) in [4.78, 5) is 15.1. The van der Waals surface area contributed by atoms with Crippen LogP contribution in [0.4, 0.5) is 0 Å². The van der Waals surface area contributed by atoms with Crippen LogP contribution in [0.5, 0.6) is 0 Å². The number of rotatable bonds is 2. The Bertz CT molecular complexity index is 830. The van der Waals surface area contributed by atoms with E-state index < -0.39 is 0 Å². The molecule has 1 amide bonds. The third-order valence-corrected chi connectivity index (χ3v) is 5.84. The lowest BCUT2D eigenvalue weighted by Gasteiger charge is -2.57. The number of ether oxygens (including phenoxy) is 1. The number of hydrogen-bond donors (Lipinski definition) is 0. The Balaban J connectivity index is 1.57. The zero-order valence-electron chi connectivity index (χ0n) is 13.9. The molecule has 5 heteroatoms. The minimum Gasteiger partial charge on any atom is -0.376 e. The molecule has 1 aromatic carbocycles. The van der Waals surface area contributed by atoms with Crippen molar-refractivity contribution in [1.29, 1.82) is 0 Å². The van der Waals surface area contributed by atoms with Crippen molar-refractivity contribution in [2.75, 3.05) is 19.8 Å². The van der Waals surface area contributed by atoms with Crippen LogP contribution in [0.3, 0.4) is 0 Å². The highest BCUT2D eigenvalue weighted by atomic mass is 16.5. The molecule has 2 aromatic rings. The second-order valence-corrected chi connectivity index (χ2v) is 7.25. The van der Waals surface area contributed by atoms with Crippen LogP contribution in [0.25, 0.3) is 5.69 Å². The predicted octanol–water partition coefficient (Wildman–Crippen LogP) is 2.28. The van der Waals surface area contributed by atoms with Crippen LogP contribution < -0.4 is 0 Å². The van der Waals surface area contributed by atoms with Gasteiger partial charge in [-0.2, -0.15) is 5.10 Å². The van der Waals surface area contributed by atoms with Gasteiger partial charge in [0.05, 0.1) is 24.4 Å². The summed E-state index contributed by atoms with van der Waals surface area (Å²) >= 11 is 0. The first kappa shape index (κ1) is 14.2. The van der Waals surface area contributed by atoms with E-state index in [1.54, 1.807) is 0 Å². The SMILES string of the molecule is Cc1ccccc1-n1nc(C(=O)N2CCC23COC3)c2c1CCC2. The van der Waals surface area contributed by atoms with Gasteiger partial charge in [-0.05, 0) is 44.2 Å². The van der Waals surface area contributed by atoms with Crippen molar-refractivity contribution in [2.45, 2.75) is 38.1 Å². The topological polar surface area (TPSA) is 47.4 Å². The fourth-order valence-electron chi connectivity index (χ4n) is 4.23. The van der Waals surface area contributed by atoms with Crippen LogP contribution in [-0.2, 0) is 17.6 Å². The van der Waals surface area contributed by atoms with Gasteiger partial charge in [-0.25, -0.2) is 4.68 Å². The normalized spacial score (nSPS) is 20.6. The average Bonchev–Trinajstić information content (AvgIpc) is 3.07. The van der Waals surface area contributed by atoms with Crippen molar-refractivity contribution < 1.29 is 9.53 Å². The summed E-state index contributed by atoms with van der Waals surface area (Å²) in [5, 5.41) is 4.77. The second kappa shape index (κ2) is 4.93. The van der Waals surface area contributed by atoms with E-state index in [4.69, 9.17) is 9.84 Å². The number of hydrogen-bond acceptors (Lipinski definition) is 3. The predicted molar refractivity (Wildman–Crippen MR) is 89.5 cm³/mol. The number of aryl methyl sites for hydroxylation is 1. The van der Waals surface area contributed by atoms with E-state index >= 15 is 0 Å². The van der Waals surface area contributed by atoms with Crippen LogP contribution in [0.1, 0.15) is 40.2 Å². The molecule has 0 atom stereocenters. The highest BCUT2D eigenvalue weighted by molar-refractivity contribution is 5.95. The number of nitrogens with zero attached hydrogens (tertiary/aromatic N) is 3. The van der Waals surface area contributed by atoms with Gasteiger partial charge in [0.25, 0.3) is 5.91 Å². The first-order valence-corrected chi connectivity index (χ1v) is 8.76. The Hall–Kier alpha value is -2.14. The van der Waals surface area contributed by atoms with Gasteiger partial charge in [-0.3, -0.25) is 4.79 Å². The van der Waals surface area contributed by atoms with Gasteiger partial charge in [0.15, 0.2) is 5.69 Å². The van der Waals surface area contributed by atoms with Crippen LogP contribution in [-0.4, -0.2) is 45.9 Å². The highest BCUT2D eigenvalue weighted by Gasteiger charge is 2.53. The largest absolute Gasteiger partial charge is 0.376 e. The summed E-state index contributed by atoms with van der Waals surface area (Å²) in [6.07, 6.45) is 4.12. The maximum absolute atomic E-state index is 13.1. The lowest BCUT2D eigenvalue weighted by atomic mass is 9.82. The molecule has 3 aliphatic rings. The minimum atomic E-state index is -0.0327. The third-order valence-electron chi connectivity index (χ3n) is 5.84. The molecule has 2 aliphatic heterocycles. The second-order valence-electron chi connectivity index (χ2n) is 7.25. The molecular formula is C19H21N3O2. The maximum Gasteiger partial charge on any atom is 0.275 e. The zero-order valence-corrected chi connectivity index (χ0v) is 13.9. The highest BCUT2D eigenvalue weighted by Crippen LogP contribution is 2.39. The molecular weight excluding hydrogens is 302 g/mol. The van der Waals surface area contributed by atoms with Gasteiger partial charge in [0.1, 0.15) is 0 Å². The smallest absolute Gasteiger partial charge is 0.275 e. The fourth-order valence-corrected chi connectivity index (χ4v) is 4.23. The molecule has 0 N–H and O–H groups in total. The molecule has 0 unspecified atom stereocenters. The molecule has 1 aliphatic carbocycles. The number of carbonyl (C=O) groups is 1. The van der Waals surface area contributed by atoms with Gasteiger partial charge in [-0.1, -0.05) is 18.2 Å². The Morgan fingerprint density at radius 3 is 2.75 bits per heavy atom. The van der Waals surface area contributed by atoms with E-state index in [1.165, 1.54) is 11.3 Å². The number of fused-ring (bicyclic) bond motifs is 1. The van der Waals surface area contributed by atoms with E-state index in [0.29, 0.717) is 18.9 Å². The Labute approximate surface area is 141 Å². The number of para-hydroxylation sites is 1. The molecule has 2 fully saturated rings. The van der Waals surface area contributed by atoms with Crippen molar-refractivity contribution in [3.8, 4) is 5.69 Å². The zero-order chi connectivity index (χ0) is 16.3. The van der Waals surface area contributed by atoms with Crippen molar-refractivity contribution in [2.24, 2.45) is 0 Å². The van der Waals surface area contributed by atoms with Gasteiger partial charge in [0.2, 0.25) is 0 Å². The monoisotopic (exact) mass is 323 g/mol. The van der Waals surface area contributed by atoms with Crippen molar-refractivity contribution >= 4 is 5.91 Å². The lowest BCUT2D eigenvalue weighted by molar-refractivity contribution is -0.172. The van der Waals surface area contributed by atoms with E-state index in [2.05, 4.69) is 19.1 Å². The summed E-state index contributed by atoms with van der Waals surface area (Å²) in [5.41, 5.74) is 5.27. The lowest BCUT2D eigenvalue weighted by Crippen LogP contribution is -2.72. The quantitative estimate of drug-likeness (QED) is 0.852. The van der Waals surface area contributed by atoms with E-state index in [-0.39, 0.29) is 11.4 Å². The van der Waals surface area contributed by atoms with E-state index in [1.807, 2.05) is 21.7 Å². The molecule has 3 heterocycles. The Morgan fingerprint density at radius 1 is 1.25 bits per heavy atom. The molecule has 1 aromatic heterocycles. The average molecular weight is 323 g/mol. The molecule has 0 saturated carbocycles. The molecule has 0 radical (unpaired) electrons. The summed E-state index contributed by atoms with van der Waals surface area (Å²) < 4.78 is 7.37. The molecule has 2 saturated heterocycles. The van der Waals surface area contributed by atoms with Crippen molar-refractivity contribution in [1.82, 2.24) is 14.7 Å². The van der Waals surface area contributed by atoms with E-state index in [0.717, 1.165) is 43.5 Å². The number of likely N-dealkylation sites (tertiary alicyclic amines) is 1. The van der Waals surface area contributed by atoms with Crippen LogP contribution in [0.2, 0.25) is 0 Å². The maximum atomic E-state index is 13.1. The molecule has 5 nitrogen and oxygen atoms in total. The fraction of sp³-hybridized carbons (Fsp3) is 0.474. The molecule has 124 valence electrons. The Kier molecular flexibility index (Phi) is 2.92. The molecule has 0 bridgehead atoms. The first-order valence-electron chi connectivity index (χ1n) is 8.76. The number of benzene rings is 1. The summed E-state index contributed by atoms with van der Waals surface area (Å²) in [6.45, 7) is 4.28. The van der Waals surface area contributed by atoms with Gasteiger partial charge < -0.3 is 9.64 Å². The molecule has 1 spiro atoms. The number of amides is 1. The minimum absolute atomic E-state index is 0.0327. The van der Waals surface area contributed by atoms with Crippen LogP contribution in [0, 0.1) is 6.92 Å². The van der Waals surface area contributed by atoms with Crippen LogP contribution in [0.15, 0.2) is 24.3 Å². The number of carbonyl (C=O) groups excluding carboxylic acids is 1. The standard InChI is InChI=1S/C19H21N3O2/c1-13-5-2-3-7-15(13)22-16-8-4-6-14(16)17(20-22)18(23)21-10-9-19(21)11-24-12-19/h2-3,5,7H,4,6,8-12H2,1H3. The van der Waals surface area contributed by atoms with Crippen LogP contribution >= 0.6 is 0 Å². The van der Waals surface area contributed by atoms with Crippen molar-refractivity contribution in [3.05, 3.63) is 46.8 Å². The molecule has 5 rings (SSSR count). The van der Waals surface area contributed by atoms with Crippen molar-refractivity contribution in [3.63, 3.8) is 0 Å². The third kappa shape index (κ3) is 1.79. The molecule has 24 heavy (non-hydrogen) atoms. The number of aromatic nitrogens is 2. The summed E-state index contributed by atoms with van der Waals surface area (Å²) in [6, 6.07) is 8.24. The summed E-state index contributed by atoms with van der Waals surface area (Å²) in [5.74, 6) is 0.0926.